The summed E-state index contributed by atoms with van der Waals surface area (Å²) in [5, 5.41) is 9.76. The number of aliphatic imine (C=N–C) groups is 1. The lowest BCUT2D eigenvalue weighted by Crippen LogP contribution is -2.43. The molecule has 1 atom stereocenters. The molecule has 0 bridgehead atoms. The number of amides is 1. The molecule has 1 aromatic rings. The molecule has 2 rings (SSSR count). The topological polar surface area (TPSA) is 74.8 Å². The third-order valence-electron chi connectivity index (χ3n) is 4.88. The van der Waals surface area contributed by atoms with Crippen LogP contribution in [0.25, 0.3) is 0 Å². The second-order valence-electron chi connectivity index (χ2n) is 9.17. The molecule has 0 aliphatic heterocycles. The van der Waals surface area contributed by atoms with Crippen molar-refractivity contribution >= 4 is 35.8 Å². The van der Waals surface area contributed by atoms with Crippen molar-refractivity contribution in [1.82, 2.24) is 16.0 Å². The second kappa shape index (κ2) is 13.0. The van der Waals surface area contributed by atoms with E-state index in [4.69, 9.17) is 4.74 Å². The molecule has 1 aromatic carbocycles. The van der Waals surface area contributed by atoms with Crippen molar-refractivity contribution in [1.29, 1.82) is 0 Å². The van der Waals surface area contributed by atoms with E-state index in [2.05, 4.69) is 48.6 Å². The monoisotopic (exact) mass is 530 g/mol. The van der Waals surface area contributed by atoms with Crippen molar-refractivity contribution in [2.24, 2.45) is 10.4 Å². The minimum atomic E-state index is -0.0450. The number of halogens is 1. The highest BCUT2D eigenvalue weighted by molar-refractivity contribution is 14.0. The molecular weight excluding hydrogens is 491 g/mol. The van der Waals surface area contributed by atoms with Crippen LogP contribution >= 0.6 is 24.0 Å². The van der Waals surface area contributed by atoms with Crippen LogP contribution in [-0.2, 0) is 11.2 Å². The number of ether oxygens (including phenoxy) is 1. The van der Waals surface area contributed by atoms with Gasteiger partial charge in [0.25, 0.3) is 5.91 Å². The molecule has 1 unspecified atom stereocenters. The second-order valence-corrected chi connectivity index (χ2v) is 9.17. The van der Waals surface area contributed by atoms with Gasteiger partial charge in [-0.1, -0.05) is 32.9 Å². The first-order chi connectivity index (χ1) is 13.7. The van der Waals surface area contributed by atoms with Crippen molar-refractivity contribution in [3.63, 3.8) is 0 Å². The molecular formula is C23H39IN4O2. The first-order valence-electron chi connectivity index (χ1n) is 10.7. The number of nitrogens with one attached hydrogen (secondary N) is 3. The summed E-state index contributed by atoms with van der Waals surface area (Å²) >= 11 is 0. The Morgan fingerprint density at radius 2 is 1.90 bits per heavy atom. The summed E-state index contributed by atoms with van der Waals surface area (Å²) in [5.41, 5.74) is 1.56. The fourth-order valence-corrected chi connectivity index (χ4v) is 2.87. The predicted molar refractivity (Wildman–Crippen MR) is 135 cm³/mol. The lowest BCUT2D eigenvalue weighted by molar-refractivity contribution is -0.123. The Morgan fingerprint density at radius 3 is 2.47 bits per heavy atom. The summed E-state index contributed by atoms with van der Waals surface area (Å²) in [7, 11) is 1.80. The number of benzene rings is 1. The van der Waals surface area contributed by atoms with Gasteiger partial charge in [0.05, 0.1) is 0 Å². The fourth-order valence-electron chi connectivity index (χ4n) is 2.87. The molecule has 1 aliphatic carbocycles. The van der Waals surface area contributed by atoms with Crippen LogP contribution in [0.1, 0.15) is 58.9 Å². The molecule has 6 nitrogen and oxygen atoms in total. The summed E-state index contributed by atoms with van der Waals surface area (Å²) in [5.74, 6) is 1.52. The summed E-state index contributed by atoms with van der Waals surface area (Å²) in [6.07, 6.45) is 5.35. The van der Waals surface area contributed by atoms with Crippen molar-refractivity contribution in [3.05, 3.63) is 29.8 Å². The largest absolute Gasteiger partial charge is 0.484 e. The normalized spacial score (nSPS) is 15.0. The molecule has 1 saturated carbocycles. The summed E-state index contributed by atoms with van der Waals surface area (Å²) < 4.78 is 5.55. The number of nitrogens with zero attached hydrogens (tertiary/aromatic N) is 1. The van der Waals surface area contributed by atoms with Gasteiger partial charge in [-0.05, 0) is 62.1 Å². The average Bonchev–Trinajstić information content (AvgIpc) is 3.48. The Balaban J connectivity index is 0.00000450. The molecule has 170 valence electrons. The lowest BCUT2D eigenvalue weighted by atomic mass is 9.89. The molecule has 1 aliphatic rings. The van der Waals surface area contributed by atoms with Gasteiger partial charge in [0, 0.05) is 25.7 Å². The van der Waals surface area contributed by atoms with Crippen molar-refractivity contribution in [2.45, 2.75) is 71.9 Å². The lowest BCUT2D eigenvalue weighted by Gasteiger charge is -2.23. The highest BCUT2D eigenvalue weighted by atomic mass is 127. The van der Waals surface area contributed by atoms with Gasteiger partial charge in [-0.25, -0.2) is 0 Å². The van der Waals surface area contributed by atoms with Crippen molar-refractivity contribution < 1.29 is 9.53 Å². The van der Waals surface area contributed by atoms with Crippen LogP contribution in [0.15, 0.2) is 29.3 Å². The van der Waals surface area contributed by atoms with E-state index >= 15 is 0 Å². The van der Waals surface area contributed by atoms with E-state index in [9.17, 15) is 4.79 Å². The van der Waals surface area contributed by atoms with Crippen LogP contribution < -0.4 is 20.7 Å². The molecule has 30 heavy (non-hydrogen) atoms. The Kier molecular flexibility index (Phi) is 11.5. The van der Waals surface area contributed by atoms with Gasteiger partial charge in [0.1, 0.15) is 5.75 Å². The van der Waals surface area contributed by atoms with Gasteiger partial charge in [0.15, 0.2) is 12.6 Å². The summed E-state index contributed by atoms with van der Waals surface area (Å²) in [6, 6.07) is 8.67. The summed E-state index contributed by atoms with van der Waals surface area (Å²) in [4.78, 5) is 16.0. The van der Waals surface area contributed by atoms with E-state index in [1.54, 1.807) is 7.05 Å². The van der Waals surface area contributed by atoms with Crippen LogP contribution in [0, 0.1) is 5.41 Å². The van der Waals surface area contributed by atoms with Gasteiger partial charge in [-0.3, -0.25) is 9.79 Å². The van der Waals surface area contributed by atoms with Crippen LogP contribution in [-0.4, -0.2) is 44.1 Å². The Bertz CT molecular complexity index is 667. The zero-order valence-corrected chi connectivity index (χ0v) is 21.4. The van der Waals surface area contributed by atoms with E-state index in [0.29, 0.717) is 17.5 Å². The van der Waals surface area contributed by atoms with Crippen molar-refractivity contribution in [3.8, 4) is 5.75 Å². The predicted octanol–water partition coefficient (Wildman–Crippen LogP) is 3.88. The average molecular weight is 530 g/mol. The molecule has 0 spiro atoms. The number of hydrogen-bond donors (Lipinski definition) is 3. The highest BCUT2D eigenvalue weighted by Crippen LogP contribution is 2.21. The van der Waals surface area contributed by atoms with E-state index in [0.717, 1.165) is 43.9 Å². The smallest absolute Gasteiger partial charge is 0.258 e. The van der Waals surface area contributed by atoms with E-state index in [-0.39, 0.29) is 36.5 Å². The number of guanidine groups is 1. The number of carbonyl (C=O) groups excluding carboxylic acids is 1. The maximum Gasteiger partial charge on any atom is 0.258 e. The maximum absolute atomic E-state index is 11.7. The Morgan fingerprint density at radius 1 is 1.23 bits per heavy atom. The minimum absolute atomic E-state index is 0. The van der Waals surface area contributed by atoms with Crippen LogP contribution in [0.5, 0.6) is 5.75 Å². The van der Waals surface area contributed by atoms with Crippen LogP contribution in [0.4, 0.5) is 0 Å². The maximum atomic E-state index is 11.7. The minimum Gasteiger partial charge on any atom is -0.484 e. The first kappa shape index (κ1) is 26.5. The molecule has 0 radical (unpaired) electrons. The van der Waals surface area contributed by atoms with Crippen LogP contribution in [0.3, 0.4) is 0 Å². The van der Waals surface area contributed by atoms with Gasteiger partial charge in [-0.15, -0.1) is 24.0 Å². The fraction of sp³-hybridized carbons (Fsp3) is 0.652. The zero-order chi connectivity index (χ0) is 21.3. The van der Waals surface area contributed by atoms with Crippen LogP contribution in [0.2, 0.25) is 0 Å². The number of hydrogen-bond acceptors (Lipinski definition) is 3. The highest BCUT2D eigenvalue weighted by Gasteiger charge is 2.23. The first-order valence-corrected chi connectivity index (χ1v) is 10.7. The zero-order valence-electron chi connectivity index (χ0n) is 19.1. The molecule has 0 aromatic heterocycles. The van der Waals surface area contributed by atoms with E-state index in [1.807, 2.05) is 24.3 Å². The Hall–Kier alpha value is -1.51. The van der Waals surface area contributed by atoms with Gasteiger partial charge in [-0.2, -0.15) is 0 Å². The third kappa shape index (κ3) is 11.6. The summed E-state index contributed by atoms with van der Waals surface area (Å²) in [6.45, 7) is 9.88. The molecule has 1 amide bonds. The number of carbonyl (C=O) groups is 1. The third-order valence-corrected chi connectivity index (χ3v) is 4.88. The number of rotatable bonds is 10. The molecule has 1 fully saturated rings. The van der Waals surface area contributed by atoms with Gasteiger partial charge >= 0.3 is 0 Å². The van der Waals surface area contributed by atoms with Crippen molar-refractivity contribution in [2.75, 3.05) is 20.2 Å². The molecule has 0 saturated heterocycles. The molecule has 7 heteroatoms. The van der Waals surface area contributed by atoms with Gasteiger partial charge in [0.2, 0.25) is 0 Å². The van der Waals surface area contributed by atoms with E-state index < -0.39 is 0 Å². The van der Waals surface area contributed by atoms with E-state index in [1.165, 1.54) is 12.0 Å². The quantitative estimate of drug-likeness (QED) is 0.244. The molecule has 0 heterocycles. The SMILES string of the molecule is CN=C(NCCc1ccc(OCC(=O)NC2CC2)cc1)NC(C)CCC(C)(C)C.I. The Labute approximate surface area is 199 Å². The molecule has 3 N–H and O–H groups in total. The standard InChI is InChI=1S/C23H38N4O2.HI/c1-17(12-14-23(2,3)4)26-22(24-5)25-15-13-18-6-10-20(11-7-18)29-16-21(28)27-19-8-9-19;/h6-7,10-11,17,19H,8-9,12-16H2,1-5H3,(H,27,28)(H2,24,25,26);1H. The van der Waals surface area contributed by atoms with Gasteiger partial charge < -0.3 is 20.7 Å².